The zero-order valence-corrected chi connectivity index (χ0v) is 12.0. The van der Waals surface area contributed by atoms with E-state index in [1.807, 2.05) is 6.92 Å². The molecule has 1 saturated carbocycles. The van der Waals surface area contributed by atoms with Gasteiger partial charge in [-0.15, -0.1) is 11.3 Å². The molecule has 0 atom stereocenters. The van der Waals surface area contributed by atoms with Crippen molar-refractivity contribution in [3.8, 4) is 0 Å². The molecule has 1 fully saturated rings. The van der Waals surface area contributed by atoms with E-state index in [1.165, 1.54) is 6.07 Å². The molecule has 3 rings (SSSR count). The molecule has 21 heavy (non-hydrogen) atoms. The van der Waals surface area contributed by atoms with Crippen LogP contribution in [-0.4, -0.2) is 11.4 Å². The highest BCUT2D eigenvalue weighted by molar-refractivity contribution is 7.21. The standard InChI is InChI=1S/C14H13F3N2OS/c1-13(4-5-13)19-12(20)11-10(18)8-6-7(14(15,16)17)2-3-9(8)21-11/h2-3,6H,4-5,18H2,1H3,(H,19,20). The first kappa shape index (κ1) is 14.2. The molecule has 1 amide bonds. The average Bonchev–Trinajstić information content (AvgIpc) is 3.00. The van der Waals surface area contributed by atoms with Crippen molar-refractivity contribution in [1.82, 2.24) is 5.32 Å². The van der Waals surface area contributed by atoms with Crippen LogP contribution in [0.2, 0.25) is 0 Å². The molecule has 1 heterocycles. The lowest BCUT2D eigenvalue weighted by molar-refractivity contribution is -0.137. The van der Waals surface area contributed by atoms with Crippen LogP contribution in [0.25, 0.3) is 10.1 Å². The highest BCUT2D eigenvalue weighted by atomic mass is 32.1. The largest absolute Gasteiger partial charge is 0.416 e. The molecule has 112 valence electrons. The van der Waals surface area contributed by atoms with Gasteiger partial charge >= 0.3 is 6.18 Å². The van der Waals surface area contributed by atoms with Crippen LogP contribution < -0.4 is 11.1 Å². The Hall–Kier alpha value is -1.76. The summed E-state index contributed by atoms with van der Waals surface area (Å²) in [6.45, 7) is 1.93. The van der Waals surface area contributed by atoms with E-state index in [-0.39, 0.29) is 27.4 Å². The fourth-order valence-electron chi connectivity index (χ4n) is 2.11. The summed E-state index contributed by atoms with van der Waals surface area (Å²) in [6, 6.07) is 3.35. The lowest BCUT2D eigenvalue weighted by atomic mass is 10.1. The number of carbonyl (C=O) groups excluding carboxylic acids is 1. The summed E-state index contributed by atoms with van der Waals surface area (Å²) in [6.07, 6.45) is -2.62. The minimum atomic E-state index is -4.42. The van der Waals surface area contributed by atoms with Gasteiger partial charge in [-0.25, -0.2) is 0 Å². The number of rotatable bonds is 2. The van der Waals surface area contributed by atoms with Crippen LogP contribution in [0.15, 0.2) is 18.2 Å². The Morgan fingerprint density at radius 2 is 2.05 bits per heavy atom. The molecule has 0 spiro atoms. The monoisotopic (exact) mass is 314 g/mol. The van der Waals surface area contributed by atoms with Gasteiger partial charge in [0.2, 0.25) is 0 Å². The smallest absolute Gasteiger partial charge is 0.397 e. The topological polar surface area (TPSA) is 55.1 Å². The predicted octanol–water partition coefficient (Wildman–Crippen LogP) is 3.78. The Kier molecular flexibility index (Phi) is 2.95. The maximum absolute atomic E-state index is 12.7. The number of benzene rings is 1. The van der Waals surface area contributed by atoms with Gasteiger partial charge in [-0.1, -0.05) is 0 Å². The minimum absolute atomic E-state index is 0.114. The molecule has 7 heteroatoms. The molecular formula is C14H13F3N2OS. The number of fused-ring (bicyclic) bond motifs is 1. The normalized spacial score (nSPS) is 17.0. The molecule has 0 unspecified atom stereocenters. The minimum Gasteiger partial charge on any atom is -0.397 e. The Balaban J connectivity index is 2.01. The molecule has 0 radical (unpaired) electrons. The summed E-state index contributed by atoms with van der Waals surface area (Å²) in [4.78, 5) is 12.4. The second kappa shape index (κ2) is 4.37. The molecule has 1 aliphatic carbocycles. The van der Waals surface area contributed by atoms with Crippen molar-refractivity contribution in [2.45, 2.75) is 31.5 Å². The number of nitrogen functional groups attached to an aromatic ring is 1. The number of halogens is 3. The second-order valence-electron chi connectivity index (χ2n) is 5.57. The van der Waals surface area contributed by atoms with Gasteiger partial charge in [0.25, 0.3) is 5.91 Å². The summed E-state index contributed by atoms with van der Waals surface area (Å²) < 4.78 is 38.8. The van der Waals surface area contributed by atoms with Gasteiger partial charge < -0.3 is 11.1 Å². The van der Waals surface area contributed by atoms with E-state index in [9.17, 15) is 18.0 Å². The number of thiophene rings is 1. The number of nitrogens with two attached hydrogens (primary N) is 1. The first-order valence-corrected chi connectivity index (χ1v) is 7.23. The summed E-state index contributed by atoms with van der Waals surface area (Å²) in [5, 5.41) is 3.14. The van der Waals surface area contributed by atoms with Crippen LogP contribution in [0, 0.1) is 0 Å². The number of hydrogen-bond donors (Lipinski definition) is 2. The first-order chi connectivity index (χ1) is 9.70. The van der Waals surface area contributed by atoms with E-state index in [0.29, 0.717) is 4.70 Å². The Labute approximate surface area is 122 Å². The van der Waals surface area contributed by atoms with Gasteiger partial charge in [0.15, 0.2) is 0 Å². The highest BCUT2D eigenvalue weighted by Crippen LogP contribution is 2.40. The van der Waals surface area contributed by atoms with Crippen LogP contribution in [-0.2, 0) is 6.18 Å². The molecule has 0 bridgehead atoms. The van der Waals surface area contributed by atoms with Crippen molar-refractivity contribution in [2.75, 3.05) is 5.73 Å². The molecule has 1 aromatic carbocycles. The van der Waals surface area contributed by atoms with E-state index < -0.39 is 11.7 Å². The first-order valence-electron chi connectivity index (χ1n) is 6.41. The van der Waals surface area contributed by atoms with E-state index in [1.54, 1.807) is 0 Å². The van der Waals surface area contributed by atoms with Gasteiger partial charge in [0, 0.05) is 15.6 Å². The third-order valence-electron chi connectivity index (χ3n) is 3.68. The molecular weight excluding hydrogens is 301 g/mol. The number of alkyl halides is 3. The van der Waals surface area contributed by atoms with Crippen LogP contribution in [0.1, 0.15) is 35.0 Å². The lowest BCUT2D eigenvalue weighted by Crippen LogP contribution is -2.34. The summed E-state index contributed by atoms with van der Waals surface area (Å²) in [5.41, 5.74) is 5.03. The van der Waals surface area contributed by atoms with Crippen molar-refractivity contribution >= 4 is 33.0 Å². The molecule has 0 saturated heterocycles. The molecule has 3 N–H and O–H groups in total. The number of hydrogen-bond acceptors (Lipinski definition) is 3. The van der Waals surface area contributed by atoms with Crippen molar-refractivity contribution in [3.63, 3.8) is 0 Å². The van der Waals surface area contributed by atoms with E-state index in [0.717, 1.165) is 36.3 Å². The number of nitrogens with one attached hydrogen (secondary N) is 1. The molecule has 1 aromatic heterocycles. The zero-order valence-electron chi connectivity index (χ0n) is 11.2. The summed E-state index contributed by atoms with van der Waals surface area (Å²) >= 11 is 1.12. The number of amides is 1. The maximum atomic E-state index is 12.7. The molecule has 0 aliphatic heterocycles. The van der Waals surface area contributed by atoms with Gasteiger partial charge in [-0.3, -0.25) is 4.79 Å². The fourth-order valence-corrected chi connectivity index (χ4v) is 3.10. The van der Waals surface area contributed by atoms with Crippen molar-refractivity contribution in [3.05, 3.63) is 28.6 Å². The molecule has 2 aromatic rings. The van der Waals surface area contributed by atoms with Gasteiger partial charge in [-0.05, 0) is 38.0 Å². The molecule has 3 nitrogen and oxygen atoms in total. The lowest BCUT2D eigenvalue weighted by Gasteiger charge is -2.10. The van der Waals surface area contributed by atoms with Crippen LogP contribution in [0.3, 0.4) is 0 Å². The van der Waals surface area contributed by atoms with E-state index in [2.05, 4.69) is 5.32 Å². The fraction of sp³-hybridized carbons (Fsp3) is 0.357. The van der Waals surface area contributed by atoms with Crippen LogP contribution in [0.5, 0.6) is 0 Å². The number of carbonyl (C=O) groups is 1. The summed E-state index contributed by atoms with van der Waals surface area (Å²) in [7, 11) is 0. The Bertz CT molecular complexity index is 732. The zero-order chi connectivity index (χ0) is 15.4. The number of anilines is 1. The predicted molar refractivity (Wildman–Crippen MR) is 76.3 cm³/mol. The van der Waals surface area contributed by atoms with Crippen molar-refractivity contribution < 1.29 is 18.0 Å². The van der Waals surface area contributed by atoms with Crippen molar-refractivity contribution in [2.24, 2.45) is 0 Å². The SMILES string of the molecule is CC1(NC(=O)c2sc3ccc(C(F)(F)F)cc3c2N)CC1. The Morgan fingerprint density at radius 1 is 1.38 bits per heavy atom. The Morgan fingerprint density at radius 3 is 2.62 bits per heavy atom. The summed E-state index contributed by atoms with van der Waals surface area (Å²) in [5.74, 6) is -0.317. The van der Waals surface area contributed by atoms with Crippen LogP contribution >= 0.6 is 11.3 Å². The van der Waals surface area contributed by atoms with Gasteiger partial charge in [0.05, 0.1) is 11.3 Å². The maximum Gasteiger partial charge on any atom is 0.416 e. The van der Waals surface area contributed by atoms with Crippen molar-refractivity contribution in [1.29, 1.82) is 0 Å². The quantitative estimate of drug-likeness (QED) is 0.886. The second-order valence-corrected chi connectivity index (χ2v) is 6.62. The average molecular weight is 314 g/mol. The third kappa shape index (κ3) is 2.57. The highest BCUT2D eigenvalue weighted by Gasteiger charge is 2.39. The van der Waals surface area contributed by atoms with Gasteiger partial charge in [-0.2, -0.15) is 13.2 Å². The molecule has 1 aliphatic rings. The third-order valence-corrected chi connectivity index (χ3v) is 4.86. The van der Waals surface area contributed by atoms with E-state index >= 15 is 0 Å². The van der Waals surface area contributed by atoms with Crippen LogP contribution in [0.4, 0.5) is 18.9 Å². The van der Waals surface area contributed by atoms with Gasteiger partial charge in [0.1, 0.15) is 4.88 Å². The van der Waals surface area contributed by atoms with E-state index in [4.69, 9.17) is 5.73 Å².